The van der Waals surface area contributed by atoms with Gasteiger partial charge in [-0.05, 0) is 142 Å². The summed E-state index contributed by atoms with van der Waals surface area (Å²) in [7, 11) is 0. The highest BCUT2D eigenvalue weighted by molar-refractivity contribution is 6.27. The first-order valence-corrected chi connectivity index (χ1v) is 47.7. The van der Waals surface area contributed by atoms with Gasteiger partial charge in [-0.2, -0.15) is 4.98 Å². The maximum atomic E-state index is 13.7. The smallest absolute Gasteiger partial charge is 0.308 e. The molecule has 10 heterocycles. The number of nitrogens with one attached hydrogen (secondary N) is 6. The Morgan fingerprint density at radius 1 is 0.462 bits per heavy atom. The molecular weight excluding hydrogens is 1870 g/mol. The van der Waals surface area contributed by atoms with Crippen molar-refractivity contribution in [3.05, 3.63) is 140 Å². The Bertz CT molecular complexity index is 5680. The zero-order valence-corrected chi connectivity index (χ0v) is 81.6. The molecule has 3 unspecified atom stereocenters. The van der Waals surface area contributed by atoms with E-state index in [1.807, 2.05) is 58.6 Å². The first-order chi connectivity index (χ1) is 68.5. The lowest BCUT2D eigenvalue weighted by atomic mass is 10.0. The molecule has 14 rings (SSSR count). The number of carbonyl (C=O) groups excluding carboxylic acids is 16. The number of piperazine rings is 1. The van der Waals surface area contributed by atoms with Gasteiger partial charge in [0.05, 0.1) is 189 Å². The first-order valence-electron chi connectivity index (χ1n) is 47.7. The van der Waals surface area contributed by atoms with E-state index in [2.05, 4.69) is 46.8 Å². The van der Waals surface area contributed by atoms with Crippen LogP contribution >= 0.6 is 0 Å². The van der Waals surface area contributed by atoms with Crippen LogP contribution in [-0.4, -0.2) is 328 Å². The number of fused-ring (bicyclic) bond motifs is 4. The summed E-state index contributed by atoms with van der Waals surface area (Å²) in [5.74, 6) is -7.84. The van der Waals surface area contributed by atoms with E-state index in [1.54, 1.807) is 60.3 Å². The van der Waals surface area contributed by atoms with Crippen LogP contribution in [0.3, 0.4) is 0 Å². The van der Waals surface area contributed by atoms with Gasteiger partial charge in [-0.25, -0.2) is 14.4 Å². The van der Waals surface area contributed by atoms with Crippen LogP contribution < -0.4 is 48.1 Å². The topological polar surface area (TPSA) is 550 Å². The summed E-state index contributed by atoms with van der Waals surface area (Å²) in [6.07, 6.45) is 8.30. The number of benzene rings is 3. The fourth-order valence-electron chi connectivity index (χ4n) is 16.7. The molecule has 4 saturated heterocycles. The number of hydrogen-bond donors (Lipinski definition) is 7. The maximum absolute atomic E-state index is 13.7. The molecule has 13 amide bonds. The first kappa shape index (κ1) is 110. The predicted molar refractivity (Wildman–Crippen MR) is 511 cm³/mol. The molecule has 6 aromatic rings. The zero-order chi connectivity index (χ0) is 103. The van der Waals surface area contributed by atoms with Crippen molar-refractivity contribution in [1.29, 1.82) is 0 Å². The molecule has 772 valence electrons. The number of halogens is 1. The van der Waals surface area contributed by atoms with Crippen LogP contribution in [-0.2, 0) is 95.3 Å². The van der Waals surface area contributed by atoms with Crippen LogP contribution in [0.5, 0.6) is 0 Å². The molecule has 3 atom stereocenters. The van der Waals surface area contributed by atoms with Crippen molar-refractivity contribution < 1.29 is 133 Å². The minimum Gasteiger partial charge on any atom is -0.460 e. The van der Waals surface area contributed by atoms with Crippen LogP contribution in [0.2, 0.25) is 0 Å². The molecule has 3 aromatic heterocycles. The van der Waals surface area contributed by atoms with Crippen molar-refractivity contribution >= 4 is 134 Å². The Kier molecular flexibility index (Phi) is 41.0. The minimum atomic E-state index is -1.07. The van der Waals surface area contributed by atoms with E-state index in [4.69, 9.17) is 62.8 Å². The molecular formula is C98H125FN16O28. The molecule has 1 aliphatic carbocycles. The number of Topliss-reactive ketones (excluding diaryl/α,β-unsaturated/α-hetero) is 1. The number of hydrogen-bond acceptors (Lipinski definition) is 36. The van der Waals surface area contributed by atoms with Gasteiger partial charge < -0.3 is 83.6 Å². The van der Waals surface area contributed by atoms with Crippen molar-refractivity contribution in [3.8, 4) is 0 Å². The third-order valence-corrected chi connectivity index (χ3v) is 23.4. The monoisotopic (exact) mass is 1990 g/mol. The Labute approximate surface area is 824 Å². The number of anilines is 5. The average Bonchev–Trinajstić information content (AvgIpc) is 0.884. The summed E-state index contributed by atoms with van der Waals surface area (Å²) < 4.78 is 74.5. The number of rotatable bonds is 45. The quantitative estimate of drug-likeness (QED) is 0.0109. The summed E-state index contributed by atoms with van der Waals surface area (Å²) in [4.78, 5) is 229. The van der Waals surface area contributed by atoms with E-state index in [9.17, 15) is 85.9 Å². The van der Waals surface area contributed by atoms with Gasteiger partial charge in [-0.3, -0.25) is 117 Å². The second-order valence-electron chi connectivity index (χ2n) is 36.0. The summed E-state index contributed by atoms with van der Waals surface area (Å²) in [6.45, 7) is 24.7. The molecule has 5 fully saturated rings. The normalized spacial score (nSPS) is 17.4. The molecule has 45 heteroatoms. The van der Waals surface area contributed by atoms with E-state index in [1.165, 1.54) is 19.1 Å². The summed E-state index contributed by atoms with van der Waals surface area (Å²) >= 11 is 0. The number of pyridine rings is 2. The van der Waals surface area contributed by atoms with Gasteiger partial charge in [0.25, 0.3) is 41.0 Å². The predicted octanol–water partition coefficient (Wildman–Crippen LogP) is 5.39. The third-order valence-electron chi connectivity index (χ3n) is 23.4. The lowest BCUT2D eigenvalue weighted by molar-refractivity contribution is -0.157. The van der Waals surface area contributed by atoms with E-state index in [-0.39, 0.29) is 145 Å². The van der Waals surface area contributed by atoms with Crippen LogP contribution in [0.4, 0.5) is 33.2 Å². The van der Waals surface area contributed by atoms with Gasteiger partial charge in [0, 0.05) is 94.1 Å². The van der Waals surface area contributed by atoms with Crippen LogP contribution in [0.25, 0.3) is 11.0 Å². The Balaban J connectivity index is 0.000000211. The highest BCUT2D eigenvalue weighted by Gasteiger charge is 2.49. The fourth-order valence-corrected chi connectivity index (χ4v) is 16.7. The minimum absolute atomic E-state index is 0.0151. The number of imide groups is 6. The van der Waals surface area contributed by atoms with Crippen LogP contribution in [0.1, 0.15) is 216 Å². The molecule has 44 nitrogen and oxygen atoms in total. The second kappa shape index (κ2) is 53.2. The number of nitrogens with zero attached hydrogens (tertiary/aromatic N) is 9. The Morgan fingerprint density at radius 2 is 0.860 bits per heavy atom. The molecule has 0 spiro atoms. The van der Waals surface area contributed by atoms with Crippen LogP contribution in [0, 0.1) is 12.7 Å². The molecule has 0 radical (unpaired) electrons. The molecule has 8 N–H and O–H groups in total. The van der Waals surface area contributed by atoms with Crippen LogP contribution in [0.15, 0.2) is 83.9 Å². The van der Waals surface area contributed by atoms with Gasteiger partial charge >= 0.3 is 11.9 Å². The van der Waals surface area contributed by atoms with Gasteiger partial charge in [0.1, 0.15) is 46.6 Å². The number of esters is 2. The van der Waals surface area contributed by atoms with Gasteiger partial charge in [-0.15, -0.1) is 0 Å². The number of nitrogens with two attached hydrogens (primary N) is 1. The van der Waals surface area contributed by atoms with Crippen molar-refractivity contribution in [3.63, 3.8) is 0 Å². The van der Waals surface area contributed by atoms with E-state index in [0.717, 1.165) is 52.1 Å². The highest BCUT2D eigenvalue weighted by atomic mass is 19.1. The molecule has 3 aromatic carbocycles. The van der Waals surface area contributed by atoms with Gasteiger partial charge in [0.15, 0.2) is 5.78 Å². The number of aryl methyl sites for hydroxylation is 1. The number of ketones is 1. The van der Waals surface area contributed by atoms with Crippen molar-refractivity contribution in [2.24, 2.45) is 5.73 Å². The number of carbonyl (C=O) groups is 16. The SMILES string of the molecule is CC(=O)c1c(C)c2cnc(Nc3ccc(N4CCN(C(=O)CCOCCOCCOCCNc5cccc6c5C(=O)N(C5CCC(=O)NC5=O)C6=O)CC4)cn3)nc2n(C2CCCC2)c1=O.CC(C)(C)OC(=O)CCOCCOCCOCCN.CC(C)(C)OC(=O)CCOCCOCCOCCNc1cccc2c1C(=O)N(C1CCC(=O)NC1=O)C2=O.O=C1CCC(N2C(=O)c3cccc(F)c3C2=O)C(=O)N1. The molecule has 7 aliphatic heterocycles. The zero-order valence-electron chi connectivity index (χ0n) is 81.6. The van der Waals surface area contributed by atoms with Crippen molar-refractivity contribution in [2.75, 3.05) is 186 Å². The van der Waals surface area contributed by atoms with E-state index >= 15 is 0 Å². The molecule has 143 heavy (non-hydrogen) atoms. The highest BCUT2D eigenvalue weighted by Crippen LogP contribution is 2.37. The maximum Gasteiger partial charge on any atom is 0.308 e. The second-order valence-corrected chi connectivity index (χ2v) is 36.0. The Morgan fingerprint density at radius 3 is 1.26 bits per heavy atom. The number of piperidine rings is 3. The average molecular weight is 1990 g/mol. The van der Waals surface area contributed by atoms with Crippen molar-refractivity contribution in [2.45, 2.75) is 174 Å². The Hall–Kier alpha value is -13.3. The lowest BCUT2D eigenvalue weighted by Gasteiger charge is -2.36. The van der Waals surface area contributed by atoms with Gasteiger partial charge in [-0.1, -0.05) is 31.0 Å². The largest absolute Gasteiger partial charge is 0.460 e. The summed E-state index contributed by atoms with van der Waals surface area (Å²) in [6, 6.07) is 14.2. The molecule has 0 bridgehead atoms. The third kappa shape index (κ3) is 30.7. The number of aromatic nitrogens is 4. The standard InChI is InChI=1S/C46H54N10O10.C26H35N3O9.C13H9FN2O4.C13H27NO5/c1-28-33-27-49-46(52-41(33)55(30-6-3-4-7-30)44(62)39(28)29(2)57)50-36-12-10-31(26-48-36)53-16-18-54(19-17-53)38(59)14-20-64-22-24-66-25-23-65-21-15-47-34-9-5-8-32-40(34)45(63)56(43(32)61)35-11-13-37(58)51-42(35)60;1-26(2,3)38-21(31)9-11-35-13-15-37-16-14-36-12-10-27-18-6-4-5-17-22(18)25(34)29(24(17)33)19-7-8-20(30)28-23(19)32;14-7-3-1-2-6-10(7)13(20)16(12(6)19)8-4-5-9(17)15-11(8)18;1-13(2,3)19-12(15)4-6-16-8-10-18-11-9-17-7-5-14/h5,8-10,12,26-27,30,35,47H,3-4,6-7,11,13-25H2,1-2H3,(H,51,58,60)(H,48,49,50,52);4-6,19,27H,7-16H2,1-3H3,(H,28,30,32);1-3,8H,4-5H2,(H,15,17,18);4-11,14H2,1-3H3. The summed E-state index contributed by atoms with van der Waals surface area (Å²) in [5, 5.41) is 16.5. The molecule has 8 aliphatic rings. The fraction of sp³-hybridized carbons (Fsp3) is 0.531. The molecule has 1 saturated carbocycles. The van der Waals surface area contributed by atoms with Crippen molar-refractivity contribution in [1.82, 2.24) is 55.1 Å². The van der Waals surface area contributed by atoms with E-state index < -0.39 is 106 Å². The lowest BCUT2D eigenvalue weighted by Crippen LogP contribution is -2.54. The number of amides is 13. The van der Waals surface area contributed by atoms with E-state index in [0.29, 0.717) is 191 Å². The summed E-state index contributed by atoms with van der Waals surface area (Å²) in [5.41, 5.74) is 7.61. The van der Waals surface area contributed by atoms with Gasteiger partial charge in [0.2, 0.25) is 47.3 Å². The number of ether oxygens (including phenoxy) is 11.